The fourth-order valence-electron chi connectivity index (χ4n) is 4.10. The number of nitrogens with one attached hydrogen (secondary N) is 1. The Morgan fingerprint density at radius 2 is 1.84 bits per heavy atom. The number of rotatable bonds is 6. The van der Waals surface area contributed by atoms with Crippen molar-refractivity contribution in [3.63, 3.8) is 0 Å². The van der Waals surface area contributed by atoms with Gasteiger partial charge in [0, 0.05) is 37.4 Å². The minimum absolute atomic E-state index is 0.127. The lowest BCUT2D eigenvalue weighted by atomic mass is 9.93. The smallest absolute Gasteiger partial charge is 0.278 e. The number of likely N-dealkylation sites (tertiary alicyclic amines) is 1. The van der Waals surface area contributed by atoms with Crippen molar-refractivity contribution in [2.24, 2.45) is 0 Å². The first-order chi connectivity index (χ1) is 15.5. The van der Waals surface area contributed by atoms with Crippen LogP contribution in [0.25, 0.3) is 0 Å². The van der Waals surface area contributed by atoms with E-state index in [2.05, 4.69) is 10.2 Å². The van der Waals surface area contributed by atoms with Crippen molar-refractivity contribution in [1.82, 2.24) is 15.1 Å². The van der Waals surface area contributed by atoms with Gasteiger partial charge >= 0.3 is 0 Å². The van der Waals surface area contributed by atoms with Gasteiger partial charge in [-0.3, -0.25) is 14.7 Å². The number of para-hydroxylation sites is 1. The minimum Gasteiger partial charge on any atom is -0.497 e. The van der Waals surface area contributed by atoms with Gasteiger partial charge in [0.1, 0.15) is 5.75 Å². The predicted molar refractivity (Wildman–Crippen MR) is 123 cm³/mol. The molecule has 0 bridgehead atoms. The van der Waals surface area contributed by atoms with Gasteiger partial charge in [0.15, 0.2) is 5.69 Å². The van der Waals surface area contributed by atoms with Crippen LogP contribution in [0.4, 0.5) is 5.69 Å². The molecule has 0 atom stereocenters. The summed E-state index contributed by atoms with van der Waals surface area (Å²) in [6.07, 6.45) is 2.05. The van der Waals surface area contributed by atoms with E-state index in [-0.39, 0.29) is 17.7 Å². The average molecular weight is 433 g/mol. The molecule has 1 aliphatic rings. The van der Waals surface area contributed by atoms with E-state index >= 15 is 0 Å². The Labute approximate surface area is 188 Å². The Morgan fingerprint density at radius 3 is 2.56 bits per heavy atom. The van der Waals surface area contributed by atoms with E-state index in [1.54, 1.807) is 19.1 Å². The van der Waals surface area contributed by atoms with E-state index < -0.39 is 0 Å². The Balaban J connectivity index is 1.33. The largest absolute Gasteiger partial charge is 0.497 e. The first-order valence-electron chi connectivity index (χ1n) is 10.8. The number of benzene rings is 2. The maximum atomic E-state index is 12.8. The van der Waals surface area contributed by atoms with E-state index in [9.17, 15) is 9.59 Å². The lowest BCUT2D eigenvalue weighted by Crippen LogP contribution is -2.38. The second kappa shape index (κ2) is 9.68. The summed E-state index contributed by atoms with van der Waals surface area (Å²) in [6.45, 7) is 1.39. The van der Waals surface area contributed by atoms with Crippen LogP contribution < -0.4 is 9.64 Å². The fraction of sp³-hybridized carbons (Fsp3) is 0.320. The number of carbonyl (C=O) groups excluding carboxylic acids is 2. The van der Waals surface area contributed by atoms with Crippen LogP contribution in [0.1, 0.15) is 40.5 Å². The lowest BCUT2D eigenvalue weighted by molar-refractivity contribution is -0.131. The summed E-state index contributed by atoms with van der Waals surface area (Å²) < 4.78 is 5.24. The molecule has 166 valence electrons. The van der Waals surface area contributed by atoms with E-state index in [0.29, 0.717) is 25.2 Å². The van der Waals surface area contributed by atoms with Crippen LogP contribution >= 0.6 is 0 Å². The molecule has 1 N–H and O–H groups in total. The molecule has 0 saturated carbocycles. The molecule has 0 spiro atoms. The van der Waals surface area contributed by atoms with E-state index in [1.807, 2.05) is 65.6 Å². The zero-order chi connectivity index (χ0) is 22.5. The first-order valence-corrected chi connectivity index (χ1v) is 10.8. The van der Waals surface area contributed by atoms with Gasteiger partial charge < -0.3 is 14.5 Å². The third kappa shape index (κ3) is 4.82. The Kier molecular flexibility index (Phi) is 6.54. The third-order valence-electron chi connectivity index (χ3n) is 6.04. The van der Waals surface area contributed by atoms with Gasteiger partial charge in [-0.15, -0.1) is 0 Å². The highest BCUT2D eigenvalue weighted by Gasteiger charge is 2.26. The number of H-pyrrole nitrogens is 1. The molecule has 3 aromatic rings. The fourth-order valence-corrected chi connectivity index (χ4v) is 4.10. The molecule has 2 amide bonds. The van der Waals surface area contributed by atoms with Crippen molar-refractivity contribution < 1.29 is 14.3 Å². The molecule has 0 unspecified atom stereocenters. The van der Waals surface area contributed by atoms with Crippen molar-refractivity contribution in [2.45, 2.75) is 25.2 Å². The Bertz CT molecular complexity index is 1070. The normalized spacial score (nSPS) is 14.2. The van der Waals surface area contributed by atoms with Gasteiger partial charge in [-0.25, -0.2) is 0 Å². The average Bonchev–Trinajstić information content (AvgIpc) is 3.34. The SMILES string of the molecule is COc1cccc(CC(=O)N2CCC(c3cc(C(=O)N(C)c4ccccc4)n[nH]3)CC2)c1. The molecule has 0 aliphatic carbocycles. The summed E-state index contributed by atoms with van der Waals surface area (Å²) in [7, 11) is 3.37. The third-order valence-corrected chi connectivity index (χ3v) is 6.04. The summed E-state index contributed by atoms with van der Waals surface area (Å²) >= 11 is 0. The van der Waals surface area contributed by atoms with Crippen molar-refractivity contribution in [3.05, 3.63) is 77.6 Å². The predicted octanol–water partition coefficient (Wildman–Crippen LogP) is 3.64. The highest BCUT2D eigenvalue weighted by molar-refractivity contribution is 6.04. The van der Waals surface area contributed by atoms with Gasteiger partial charge in [-0.2, -0.15) is 5.10 Å². The maximum absolute atomic E-state index is 12.8. The van der Waals surface area contributed by atoms with Crippen LogP contribution in [0, 0.1) is 0 Å². The summed E-state index contributed by atoms with van der Waals surface area (Å²) in [6, 6.07) is 19.0. The summed E-state index contributed by atoms with van der Waals surface area (Å²) in [5.41, 5.74) is 3.14. The number of methoxy groups -OCH3 is 1. The lowest BCUT2D eigenvalue weighted by Gasteiger charge is -2.31. The standard InChI is InChI=1S/C25H28N4O3/c1-28(20-8-4-3-5-9-20)25(31)23-17-22(26-27-23)19-11-13-29(14-12-19)24(30)16-18-7-6-10-21(15-18)32-2/h3-10,15,17,19H,11-14,16H2,1-2H3,(H,26,27). The Morgan fingerprint density at radius 1 is 1.09 bits per heavy atom. The van der Waals surface area contributed by atoms with E-state index in [0.717, 1.165) is 35.5 Å². The van der Waals surface area contributed by atoms with E-state index in [4.69, 9.17) is 4.74 Å². The molecule has 32 heavy (non-hydrogen) atoms. The number of ether oxygens (including phenoxy) is 1. The number of aromatic nitrogens is 2. The number of amides is 2. The maximum Gasteiger partial charge on any atom is 0.278 e. The Hall–Kier alpha value is -3.61. The second-order valence-corrected chi connectivity index (χ2v) is 8.09. The number of piperidine rings is 1. The van der Waals surface area contributed by atoms with Crippen LogP contribution in [0.15, 0.2) is 60.7 Å². The number of hydrogen-bond donors (Lipinski definition) is 1. The molecule has 1 fully saturated rings. The first kappa shape index (κ1) is 21.6. The van der Waals surface area contributed by atoms with Crippen molar-refractivity contribution in [3.8, 4) is 5.75 Å². The van der Waals surface area contributed by atoms with Gasteiger partial charge in [0.2, 0.25) is 5.91 Å². The van der Waals surface area contributed by atoms with E-state index in [1.165, 1.54) is 0 Å². The van der Waals surface area contributed by atoms with Crippen LogP contribution in [0.5, 0.6) is 5.75 Å². The molecule has 7 nitrogen and oxygen atoms in total. The van der Waals surface area contributed by atoms with Crippen LogP contribution in [0.2, 0.25) is 0 Å². The summed E-state index contributed by atoms with van der Waals surface area (Å²) in [5.74, 6) is 0.995. The molecule has 0 radical (unpaired) electrons. The molecule has 7 heteroatoms. The monoisotopic (exact) mass is 432 g/mol. The zero-order valence-corrected chi connectivity index (χ0v) is 18.5. The number of hydrogen-bond acceptors (Lipinski definition) is 4. The quantitative estimate of drug-likeness (QED) is 0.645. The molecular formula is C25H28N4O3. The van der Waals surface area contributed by atoms with Crippen molar-refractivity contribution >= 4 is 17.5 Å². The number of carbonyl (C=O) groups is 2. The van der Waals surface area contributed by atoms with Gasteiger partial charge in [-0.1, -0.05) is 30.3 Å². The topological polar surface area (TPSA) is 78.5 Å². The molecular weight excluding hydrogens is 404 g/mol. The number of aromatic amines is 1. The molecule has 4 rings (SSSR count). The van der Waals surface area contributed by atoms with Crippen LogP contribution in [-0.4, -0.2) is 54.2 Å². The number of nitrogens with zero attached hydrogens (tertiary/aromatic N) is 3. The molecule has 2 heterocycles. The van der Waals surface area contributed by atoms with Crippen molar-refractivity contribution in [2.75, 3.05) is 32.1 Å². The van der Waals surface area contributed by atoms with Gasteiger partial charge in [0.25, 0.3) is 5.91 Å². The molecule has 1 aliphatic heterocycles. The highest BCUT2D eigenvalue weighted by atomic mass is 16.5. The highest BCUT2D eigenvalue weighted by Crippen LogP contribution is 2.28. The molecule has 1 saturated heterocycles. The zero-order valence-electron chi connectivity index (χ0n) is 18.5. The van der Waals surface area contributed by atoms with Crippen LogP contribution in [-0.2, 0) is 11.2 Å². The van der Waals surface area contributed by atoms with Gasteiger partial charge in [-0.05, 0) is 48.7 Å². The second-order valence-electron chi connectivity index (χ2n) is 8.09. The molecule has 2 aromatic carbocycles. The number of anilines is 1. The molecule has 1 aromatic heterocycles. The summed E-state index contributed by atoms with van der Waals surface area (Å²) in [4.78, 5) is 29.0. The summed E-state index contributed by atoms with van der Waals surface area (Å²) in [5, 5.41) is 7.30. The van der Waals surface area contributed by atoms with Gasteiger partial charge in [0.05, 0.1) is 13.5 Å². The minimum atomic E-state index is -0.149. The van der Waals surface area contributed by atoms with Crippen LogP contribution in [0.3, 0.4) is 0 Å². The van der Waals surface area contributed by atoms with Crippen molar-refractivity contribution in [1.29, 1.82) is 0 Å².